The van der Waals surface area contributed by atoms with Crippen molar-refractivity contribution in [3.8, 4) is 0 Å². The summed E-state index contributed by atoms with van der Waals surface area (Å²) in [6, 6.07) is 0. The summed E-state index contributed by atoms with van der Waals surface area (Å²) in [6.07, 6.45) is -33.6. The van der Waals surface area contributed by atoms with Crippen LogP contribution < -0.4 is 0 Å². The van der Waals surface area contributed by atoms with Gasteiger partial charge in [0.15, 0.2) is 24.1 Å². The Labute approximate surface area is 323 Å². The molecule has 0 amide bonds. The molecule has 0 aromatic carbocycles. The van der Waals surface area contributed by atoms with Crippen LogP contribution in [0.15, 0.2) is 0 Å². The van der Waals surface area contributed by atoms with E-state index in [-0.39, 0.29) is 25.7 Å². The number of hydrogen-bond acceptors (Lipinski definition) is 24. The van der Waals surface area contributed by atoms with Gasteiger partial charge < -0.3 is 101 Å². The number of ether oxygens (including phenoxy) is 4. The number of hydrogen-bond donors (Lipinski definition) is 16. The highest BCUT2D eigenvalue weighted by Gasteiger charge is 2.49. The Kier molecular flexibility index (Phi) is 22.9. The van der Waals surface area contributed by atoms with Gasteiger partial charge in [-0.05, 0) is 24.3 Å². The zero-order valence-corrected chi connectivity index (χ0v) is 31.2. The van der Waals surface area contributed by atoms with Gasteiger partial charge in [0.2, 0.25) is 0 Å². The number of aliphatic hydroxyl groups excluding tert-OH is 16. The SMILES string of the molecule is O=C(CCCSCSCCCC(=O)[C@@H](O)C(O)[C@H](O[C@@H]1OC(CO)[C@H](O)[C@H](O)C1O)C(O)CO)[C@@H](O)C(O)[C@H](O[C@@H]1OC(CO)[C@H](O)[C@H](O)C1O)C(O)CO. The number of aliphatic hydroxyl groups is 16. The normalized spacial score (nSPS) is 33.2. The number of carbonyl (C=O) groups is 2. The molecule has 8 unspecified atom stereocenters. The van der Waals surface area contributed by atoms with Crippen molar-refractivity contribution >= 4 is 35.1 Å². The summed E-state index contributed by atoms with van der Waals surface area (Å²) in [5.41, 5.74) is 0. The van der Waals surface area contributed by atoms with Crippen molar-refractivity contribution in [2.24, 2.45) is 0 Å². The zero-order chi connectivity index (χ0) is 41.6. The molecule has 22 nitrogen and oxygen atoms in total. The predicted molar refractivity (Wildman–Crippen MR) is 186 cm³/mol. The van der Waals surface area contributed by atoms with Crippen molar-refractivity contribution < 1.29 is 110 Å². The Morgan fingerprint density at radius 2 is 0.891 bits per heavy atom. The molecule has 2 fully saturated rings. The van der Waals surface area contributed by atoms with Crippen LogP contribution in [0.3, 0.4) is 0 Å². The maximum atomic E-state index is 12.6. The first-order chi connectivity index (χ1) is 26.0. The first-order valence-corrected chi connectivity index (χ1v) is 19.7. The van der Waals surface area contributed by atoms with E-state index < -0.39 is 148 Å². The fourth-order valence-corrected chi connectivity index (χ4v) is 7.70. The number of thioether (sulfide) groups is 2. The molecule has 0 spiro atoms. The third kappa shape index (κ3) is 14.2. The molecule has 24 heteroatoms. The first kappa shape index (κ1) is 50.4. The summed E-state index contributed by atoms with van der Waals surface area (Å²) in [7, 11) is 0. The van der Waals surface area contributed by atoms with Crippen LogP contribution in [0.25, 0.3) is 0 Å². The Morgan fingerprint density at radius 3 is 1.20 bits per heavy atom. The van der Waals surface area contributed by atoms with Crippen molar-refractivity contribution in [3.05, 3.63) is 0 Å². The summed E-state index contributed by atoms with van der Waals surface area (Å²) in [4.78, 5) is 25.2. The van der Waals surface area contributed by atoms with Gasteiger partial charge in [0.05, 0.1) is 26.4 Å². The summed E-state index contributed by atoms with van der Waals surface area (Å²) in [5, 5.41) is 161. The van der Waals surface area contributed by atoms with Crippen LogP contribution in [0.1, 0.15) is 25.7 Å². The standard InChI is InChI=1S/C31H56O22S2/c32-7-14(38)28(52-30-26(48)22(44)20(42)16(9-34)50-30)24(46)18(40)12(36)3-1-5-54-11-55-6-2-4-13(37)19(41)25(47)29(15(39)8-33)53-31-27(49)23(45)21(43)17(10-35)51-31/h14-35,38-49H,1-11H2/t14?,15?,16?,17?,18-,19-,20+,21+,22+,23+,24?,25?,26?,27?,28-,29-,30+,31+/m1/s1. The lowest BCUT2D eigenvalue weighted by molar-refractivity contribution is -0.326. The van der Waals surface area contributed by atoms with Crippen molar-refractivity contribution in [3.63, 3.8) is 0 Å². The van der Waals surface area contributed by atoms with Gasteiger partial charge >= 0.3 is 0 Å². The van der Waals surface area contributed by atoms with E-state index in [9.17, 15) is 91.3 Å². The Hall–Kier alpha value is -0.760. The van der Waals surface area contributed by atoms with E-state index in [1.54, 1.807) is 0 Å². The van der Waals surface area contributed by atoms with E-state index in [0.29, 0.717) is 16.6 Å². The van der Waals surface area contributed by atoms with Gasteiger partial charge in [0, 0.05) is 17.9 Å². The lowest BCUT2D eigenvalue weighted by atomic mass is 9.97. The fourth-order valence-electron chi connectivity index (χ4n) is 5.58. The molecule has 2 heterocycles. The molecule has 0 bridgehead atoms. The van der Waals surface area contributed by atoms with Crippen LogP contribution >= 0.6 is 23.5 Å². The van der Waals surface area contributed by atoms with Gasteiger partial charge in [0.25, 0.3) is 0 Å². The van der Waals surface area contributed by atoms with Gasteiger partial charge in [-0.3, -0.25) is 9.59 Å². The average Bonchev–Trinajstić information content (AvgIpc) is 3.18. The van der Waals surface area contributed by atoms with Gasteiger partial charge in [-0.2, -0.15) is 23.5 Å². The summed E-state index contributed by atoms with van der Waals surface area (Å²) < 4.78 is 20.9. The highest BCUT2D eigenvalue weighted by Crippen LogP contribution is 2.27. The Bertz CT molecular complexity index is 1030. The van der Waals surface area contributed by atoms with E-state index >= 15 is 0 Å². The van der Waals surface area contributed by atoms with Gasteiger partial charge in [-0.15, -0.1) is 0 Å². The lowest BCUT2D eigenvalue weighted by Gasteiger charge is -2.42. The quantitative estimate of drug-likeness (QED) is 0.0284. The van der Waals surface area contributed by atoms with E-state index in [0.717, 1.165) is 0 Å². The molecule has 55 heavy (non-hydrogen) atoms. The van der Waals surface area contributed by atoms with Crippen LogP contribution in [0.2, 0.25) is 0 Å². The fraction of sp³-hybridized carbons (Fsp3) is 0.935. The molecule has 2 rings (SSSR count). The van der Waals surface area contributed by atoms with E-state index in [1.807, 2.05) is 0 Å². The molecule has 2 aliphatic rings. The minimum Gasteiger partial charge on any atom is -0.394 e. The van der Waals surface area contributed by atoms with Crippen LogP contribution in [0.4, 0.5) is 0 Å². The van der Waals surface area contributed by atoms with Gasteiger partial charge in [-0.1, -0.05) is 0 Å². The Morgan fingerprint density at radius 1 is 0.545 bits per heavy atom. The number of rotatable bonds is 26. The maximum absolute atomic E-state index is 12.6. The van der Waals surface area contributed by atoms with Gasteiger partial charge in [-0.25, -0.2) is 0 Å². The third-order valence-corrected chi connectivity index (χ3v) is 11.5. The molecule has 0 aromatic heterocycles. The van der Waals surface area contributed by atoms with E-state index in [1.165, 1.54) is 23.5 Å². The molecule has 2 saturated heterocycles. The van der Waals surface area contributed by atoms with E-state index in [2.05, 4.69) is 0 Å². The molecule has 2 aliphatic heterocycles. The van der Waals surface area contributed by atoms with Crippen LogP contribution in [-0.2, 0) is 28.5 Å². The third-order valence-electron chi connectivity index (χ3n) is 8.98. The largest absolute Gasteiger partial charge is 0.394 e. The number of carbonyl (C=O) groups excluding carboxylic acids is 2. The maximum Gasteiger partial charge on any atom is 0.187 e. The van der Waals surface area contributed by atoms with Crippen LogP contribution in [-0.4, -0.2) is 247 Å². The number of Topliss-reactive ketones (excluding diaryl/α,β-unsaturated/α-hetero) is 2. The van der Waals surface area contributed by atoms with Crippen molar-refractivity contribution in [2.75, 3.05) is 43.0 Å². The Balaban J connectivity index is 1.75. The minimum absolute atomic E-state index is 0.224. The van der Waals surface area contributed by atoms with Crippen molar-refractivity contribution in [1.82, 2.24) is 0 Å². The predicted octanol–water partition coefficient (Wildman–Crippen LogP) is -8.37. The molecule has 324 valence electrons. The highest BCUT2D eigenvalue weighted by atomic mass is 32.2. The molecule has 16 N–H and O–H groups in total. The second kappa shape index (κ2) is 25.0. The molecular weight excluding hydrogens is 788 g/mol. The monoisotopic (exact) mass is 844 g/mol. The van der Waals surface area contributed by atoms with Crippen molar-refractivity contribution in [1.29, 1.82) is 0 Å². The van der Waals surface area contributed by atoms with Gasteiger partial charge in [0.1, 0.15) is 97.7 Å². The second-order valence-electron chi connectivity index (χ2n) is 13.0. The highest BCUT2D eigenvalue weighted by molar-refractivity contribution is 8.15. The molecule has 0 radical (unpaired) electrons. The summed E-state index contributed by atoms with van der Waals surface area (Å²) in [6.45, 7) is -3.62. The lowest BCUT2D eigenvalue weighted by Crippen LogP contribution is -2.61. The van der Waals surface area contributed by atoms with Crippen molar-refractivity contribution in [2.45, 2.75) is 136 Å². The summed E-state index contributed by atoms with van der Waals surface area (Å²) >= 11 is 2.78. The molecular formula is C31H56O22S2. The average molecular weight is 845 g/mol. The zero-order valence-electron chi connectivity index (χ0n) is 29.6. The second-order valence-corrected chi connectivity index (χ2v) is 15.6. The smallest absolute Gasteiger partial charge is 0.187 e. The molecule has 18 atom stereocenters. The topological polar surface area (TPSA) is 395 Å². The van der Waals surface area contributed by atoms with E-state index in [4.69, 9.17) is 18.9 Å². The minimum atomic E-state index is -2.13. The number of ketones is 2. The first-order valence-electron chi connectivity index (χ1n) is 17.4. The van der Waals surface area contributed by atoms with Crippen LogP contribution in [0.5, 0.6) is 0 Å². The molecule has 0 aliphatic carbocycles. The molecule has 0 aromatic rings. The molecule has 0 saturated carbocycles. The summed E-state index contributed by atoms with van der Waals surface area (Å²) in [5.74, 6) is -0.864. The van der Waals surface area contributed by atoms with Crippen LogP contribution in [0, 0.1) is 0 Å².